The average molecular weight is 293 g/mol. The molecule has 0 amide bonds. The third-order valence-electron chi connectivity index (χ3n) is 3.28. The van der Waals surface area contributed by atoms with Gasteiger partial charge in [0, 0.05) is 11.8 Å². The van der Waals surface area contributed by atoms with Crippen LogP contribution in [0.5, 0.6) is 5.75 Å². The van der Waals surface area contributed by atoms with Gasteiger partial charge in [-0.25, -0.2) is 4.79 Å². The Morgan fingerprint density at radius 1 is 1.10 bits per heavy atom. The lowest BCUT2D eigenvalue weighted by molar-refractivity contribution is 0.0527. The first-order valence-corrected chi connectivity index (χ1v) is 7.88. The second kappa shape index (κ2) is 10.1. The van der Waals surface area contributed by atoms with Gasteiger partial charge in [-0.2, -0.15) is 0 Å². The van der Waals surface area contributed by atoms with Crippen molar-refractivity contribution >= 4 is 11.7 Å². The Morgan fingerprint density at radius 2 is 1.81 bits per heavy atom. The maximum atomic E-state index is 11.6. The van der Waals surface area contributed by atoms with Crippen molar-refractivity contribution in [2.24, 2.45) is 0 Å². The number of unbranched alkanes of at least 4 members (excludes halogenated alkanes) is 5. The van der Waals surface area contributed by atoms with E-state index in [0.717, 1.165) is 6.42 Å². The van der Waals surface area contributed by atoms with Crippen molar-refractivity contribution in [1.29, 1.82) is 0 Å². The molecule has 0 aliphatic carbocycles. The van der Waals surface area contributed by atoms with E-state index in [9.17, 15) is 4.79 Å². The fourth-order valence-corrected chi connectivity index (χ4v) is 2.10. The monoisotopic (exact) mass is 293 g/mol. The predicted octanol–water partition coefficient (Wildman–Crippen LogP) is 4.18. The lowest BCUT2D eigenvalue weighted by Crippen LogP contribution is -2.08. The first-order valence-electron chi connectivity index (χ1n) is 7.88. The maximum absolute atomic E-state index is 11.6. The number of anilines is 1. The average Bonchev–Trinajstić information content (AvgIpc) is 2.46. The van der Waals surface area contributed by atoms with Gasteiger partial charge in [-0.1, -0.05) is 39.0 Å². The van der Waals surface area contributed by atoms with E-state index in [-0.39, 0.29) is 0 Å². The summed E-state index contributed by atoms with van der Waals surface area (Å²) in [7, 11) is 0. The van der Waals surface area contributed by atoms with E-state index in [4.69, 9.17) is 15.2 Å². The lowest BCUT2D eigenvalue weighted by atomic mass is 10.1. The minimum atomic E-state index is -0.391. The number of rotatable bonds is 10. The van der Waals surface area contributed by atoms with Crippen molar-refractivity contribution in [3.8, 4) is 5.75 Å². The third-order valence-corrected chi connectivity index (χ3v) is 3.28. The quantitative estimate of drug-likeness (QED) is 0.399. The molecule has 0 aliphatic rings. The highest BCUT2D eigenvalue weighted by Crippen LogP contribution is 2.21. The SMILES string of the molecule is CCCCCCCCOc1ccc(C(=O)OCC)c(N)c1. The van der Waals surface area contributed by atoms with Gasteiger partial charge in [-0.3, -0.25) is 0 Å². The highest BCUT2D eigenvalue weighted by molar-refractivity contribution is 5.95. The number of hydrogen-bond donors (Lipinski definition) is 1. The minimum absolute atomic E-state index is 0.342. The molecule has 4 heteroatoms. The van der Waals surface area contributed by atoms with Crippen LogP contribution < -0.4 is 10.5 Å². The first kappa shape index (κ1) is 17.3. The molecule has 21 heavy (non-hydrogen) atoms. The molecule has 118 valence electrons. The zero-order valence-corrected chi connectivity index (χ0v) is 13.2. The molecule has 0 aromatic heterocycles. The van der Waals surface area contributed by atoms with E-state index in [1.54, 1.807) is 25.1 Å². The molecule has 0 fully saturated rings. The summed E-state index contributed by atoms with van der Waals surface area (Å²) < 4.78 is 10.6. The van der Waals surface area contributed by atoms with Gasteiger partial charge in [0.05, 0.1) is 18.8 Å². The summed E-state index contributed by atoms with van der Waals surface area (Å²) in [5.74, 6) is 0.312. The predicted molar refractivity (Wildman–Crippen MR) is 85.7 cm³/mol. The Bertz CT molecular complexity index is 432. The Hall–Kier alpha value is -1.71. The molecule has 0 aliphatic heterocycles. The molecular weight excluding hydrogens is 266 g/mol. The summed E-state index contributed by atoms with van der Waals surface area (Å²) in [4.78, 5) is 11.6. The van der Waals surface area contributed by atoms with Crippen LogP contribution >= 0.6 is 0 Å². The van der Waals surface area contributed by atoms with Crippen LogP contribution in [0.1, 0.15) is 62.7 Å². The van der Waals surface area contributed by atoms with E-state index in [1.807, 2.05) is 0 Å². The molecule has 0 bridgehead atoms. The Kier molecular flexibility index (Phi) is 8.32. The summed E-state index contributed by atoms with van der Waals surface area (Å²) >= 11 is 0. The van der Waals surface area contributed by atoms with Crippen molar-refractivity contribution in [1.82, 2.24) is 0 Å². The Morgan fingerprint density at radius 3 is 2.48 bits per heavy atom. The first-order chi connectivity index (χ1) is 10.2. The molecule has 0 radical (unpaired) electrons. The third kappa shape index (κ3) is 6.52. The van der Waals surface area contributed by atoms with E-state index in [2.05, 4.69) is 6.92 Å². The molecule has 0 saturated carbocycles. The zero-order chi connectivity index (χ0) is 15.5. The second-order valence-corrected chi connectivity index (χ2v) is 5.09. The molecule has 0 atom stereocenters. The van der Waals surface area contributed by atoms with Crippen molar-refractivity contribution in [3.63, 3.8) is 0 Å². The van der Waals surface area contributed by atoms with Gasteiger partial charge in [0.15, 0.2) is 0 Å². The normalized spacial score (nSPS) is 10.4. The highest BCUT2D eigenvalue weighted by Gasteiger charge is 2.11. The van der Waals surface area contributed by atoms with E-state index in [1.165, 1.54) is 32.1 Å². The molecule has 1 aromatic rings. The number of hydrogen-bond acceptors (Lipinski definition) is 4. The minimum Gasteiger partial charge on any atom is -0.494 e. The molecule has 0 heterocycles. The number of esters is 1. The van der Waals surface area contributed by atoms with Gasteiger partial charge in [0.25, 0.3) is 0 Å². The zero-order valence-electron chi connectivity index (χ0n) is 13.2. The van der Waals surface area contributed by atoms with Crippen LogP contribution in [0.25, 0.3) is 0 Å². The molecule has 2 N–H and O–H groups in total. The van der Waals surface area contributed by atoms with Crippen molar-refractivity contribution < 1.29 is 14.3 Å². The summed E-state index contributed by atoms with van der Waals surface area (Å²) in [6.07, 6.45) is 7.38. The van der Waals surface area contributed by atoms with E-state index < -0.39 is 5.97 Å². The number of benzene rings is 1. The van der Waals surface area contributed by atoms with Crippen LogP contribution in [0.2, 0.25) is 0 Å². The molecule has 0 spiro atoms. The topological polar surface area (TPSA) is 61.5 Å². The maximum Gasteiger partial charge on any atom is 0.340 e. The second-order valence-electron chi connectivity index (χ2n) is 5.09. The van der Waals surface area contributed by atoms with Crippen LogP contribution in [0.4, 0.5) is 5.69 Å². The number of carbonyl (C=O) groups excluding carboxylic acids is 1. The van der Waals surface area contributed by atoms with Gasteiger partial charge in [0.1, 0.15) is 5.75 Å². The Balaban J connectivity index is 2.33. The molecule has 0 saturated heterocycles. The molecule has 1 rings (SSSR count). The van der Waals surface area contributed by atoms with Crippen LogP contribution in [0.15, 0.2) is 18.2 Å². The van der Waals surface area contributed by atoms with Gasteiger partial charge in [0.2, 0.25) is 0 Å². The largest absolute Gasteiger partial charge is 0.494 e. The number of nitrogen functional groups attached to an aromatic ring is 1. The molecule has 1 aromatic carbocycles. The van der Waals surface area contributed by atoms with Crippen molar-refractivity contribution in [2.75, 3.05) is 18.9 Å². The number of nitrogens with two attached hydrogens (primary N) is 1. The fourth-order valence-electron chi connectivity index (χ4n) is 2.10. The summed E-state index contributed by atoms with van der Waals surface area (Å²) in [6.45, 7) is 5.01. The summed E-state index contributed by atoms with van der Waals surface area (Å²) in [5.41, 5.74) is 6.65. The summed E-state index contributed by atoms with van der Waals surface area (Å²) in [5, 5.41) is 0. The summed E-state index contributed by atoms with van der Waals surface area (Å²) in [6, 6.07) is 5.10. The van der Waals surface area contributed by atoms with Crippen molar-refractivity contribution in [3.05, 3.63) is 23.8 Å². The van der Waals surface area contributed by atoms with E-state index in [0.29, 0.717) is 30.2 Å². The van der Waals surface area contributed by atoms with Gasteiger partial charge < -0.3 is 15.2 Å². The molecule has 4 nitrogen and oxygen atoms in total. The lowest BCUT2D eigenvalue weighted by Gasteiger charge is -2.09. The molecule has 0 unspecified atom stereocenters. The van der Waals surface area contributed by atoms with Crippen LogP contribution in [-0.4, -0.2) is 19.2 Å². The van der Waals surface area contributed by atoms with Crippen LogP contribution in [0.3, 0.4) is 0 Å². The standard InChI is InChI=1S/C17H27NO3/c1-3-5-6-7-8-9-12-21-14-10-11-15(16(18)13-14)17(19)20-4-2/h10-11,13H,3-9,12,18H2,1-2H3. The van der Waals surface area contributed by atoms with Crippen molar-refractivity contribution in [2.45, 2.75) is 52.4 Å². The van der Waals surface area contributed by atoms with Crippen LogP contribution in [0, 0.1) is 0 Å². The van der Waals surface area contributed by atoms with Gasteiger partial charge in [-0.05, 0) is 25.5 Å². The van der Waals surface area contributed by atoms with E-state index >= 15 is 0 Å². The van der Waals surface area contributed by atoms with Crippen LogP contribution in [-0.2, 0) is 4.74 Å². The Labute approximate surface area is 127 Å². The number of carbonyl (C=O) groups is 1. The smallest absolute Gasteiger partial charge is 0.340 e. The van der Waals surface area contributed by atoms with Gasteiger partial charge in [-0.15, -0.1) is 0 Å². The van der Waals surface area contributed by atoms with Gasteiger partial charge >= 0.3 is 5.97 Å². The fraction of sp³-hybridized carbons (Fsp3) is 0.588. The highest BCUT2D eigenvalue weighted by atomic mass is 16.5. The molecular formula is C17H27NO3. The number of ether oxygens (including phenoxy) is 2.